The summed E-state index contributed by atoms with van der Waals surface area (Å²) < 4.78 is 0. The number of fused-ring (bicyclic) bond motifs is 1. The highest BCUT2D eigenvalue weighted by molar-refractivity contribution is 5.67. The van der Waals surface area contributed by atoms with E-state index >= 15 is 0 Å². The Hall–Kier alpha value is -1.31. The Morgan fingerprint density at radius 3 is 2.79 bits per heavy atom. The molecule has 0 amide bonds. The number of carbonyl (C=O) groups is 1. The number of hydrogen-bond donors (Lipinski definition) is 1. The van der Waals surface area contributed by atoms with Crippen molar-refractivity contribution >= 4 is 5.97 Å². The van der Waals surface area contributed by atoms with E-state index in [0.29, 0.717) is 12.3 Å². The van der Waals surface area contributed by atoms with Gasteiger partial charge in [0.15, 0.2) is 0 Å². The number of aryl methyl sites for hydroxylation is 1. The van der Waals surface area contributed by atoms with E-state index in [2.05, 4.69) is 18.2 Å². The molecule has 0 bridgehead atoms. The average Bonchev–Trinajstić information content (AvgIpc) is 2.17. The van der Waals surface area contributed by atoms with Gasteiger partial charge < -0.3 is 5.11 Å². The van der Waals surface area contributed by atoms with Crippen LogP contribution >= 0.6 is 0 Å². The number of aliphatic carboxylic acids is 1. The van der Waals surface area contributed by atoms with Crippen LogP contribution in [0.1, 0.15) is 24.0 Å². The Balaban J connectivity index is 2.09. The Kier molecular flexibility index (Phi) is 2.53. The van der Waals surface area contributed by atoms with Gasteiger partial charge in [-0.2, -0.15) is 0 Å². The maximum absolute atomic E-state index is 10.6. The van der Waals surface area contributed by atoms with Crippen molar-refractivity contribution in [3.05, 3.63) is 35.4 Å². The molecule has 1 aromatic carbocycles. The van der Waals surface area contributed by atoms with Gasteiger partial charge in [0.2, 0.25) is 0 Å². The van der Waals surface area contributed by atoms with E-state index in [9.17, 15) is 4.79 Å². The molecule has 2 rings (SSSR count). The first-order chi connectivity index (χ1) is 6.75. The van der Waals surface area contributed by atoms with Gasteiger partial charge in [-0.25, -0.2) is 0 Å². The predicted molar refractivity (Wildman–Crippen MR) is 54.2 cm³/mol. The molecule has 0 aromatic heterocycles. The first kappa shape index (κ1) is 9.25. The quantitative estimate of drug-likeness (QED) is 0.776. The second kappa shape index (κ2) is 3.82. The van der Waals surface area contributed by atoms with Crippen LogP contribution in [0.25, 0.3) is 0 Å². The number of hydrogen-bond acceptors (Lipinski definition) is 1. The Labute approximate surface area is 83.6 Å². The minimum atomic E-state index is -0.672. The van der Waals surface area contributed by atoms with E-state index in [1.807, 2.05) is 6.07 Å². The van der Waals surface area contributed by atoms with Crippen molar-refractivity contribution in [2.24, 2.45) is 5.92 Å². The van der Waals surface area contributed by atoms with Crippen LogP contribution in [0.4, 0.5) is 0 Å². The molecule has 1 aliphatic carbocycles. The molecule has 0 aliphatic heterocycles. The smallest absolute Gasteiger partial charge is 0.303 e. The van der Waals surface area contributed by atoms with E-state index in [1.54, 1.807) is 0 Å². The molecular formula is C12H14O2. The molecule has 0 fully saturated rings. The highest BCUT2D eigenvalue weighted by atomic mass is 16.4. The number of rotatable bonds is 2. The predicted octanol–water partition coefficient (Wildman–Crippen LogP) is 2.27. The largest absolute Gasteiger partial charge is 0.481 e. The number of benzene rings is 1. The van der Waals surface area contributed by atoms with Crippen molar-refractivity contribution in [3.63, 3.8) is 0 Å². The lowest BCUT2D eigenvalue weighted by atomic mass is 9.82. The molecule has 0 heterocycles. The lowest BCUT2D eigenvalue weighted by Crippen LogP contribution is -2.17. The molecular weight excluding hydrogens is 176 g/mol. The summed E-state index contributed by atoms with van der Waals surface area (Å²) in [4.78, 5) is 10.6. The molecule has 0 saturated heterocycles. The fourth-order valence-electron chi connectivity index (χ4n) is 2.19. The molecule has 2 nitrogen and oxygen atoms in total. The summed E-state index contributed by atoms with van der Waals surface area (Å²) in [5, 5.41) is 8.71. The van der Waals surface area contributed by atoms with Gasteiger partial charge >= 0.3 is 5.97 Å². The van der Waals surface area contributed by atoms with E-state index in [0.717, 1.165) is 19.3 Å². The minimum Gasteiger partial charge on any atom is -0.481 e. The SMILES string of the molecule is O=C(O)C[C@@H]1CCc2ccccc2C1. The third kappa shape index (κ3) is 1.95. The van der Waals surface area contributed by atoms with Crippen LogP contribution in [0, 0.1) is 5.92 Å². The molecule has 1 aromatic rings. The summed E-state index contributed by atoms with van der Waals surface area (Å²) in [5.41, 5.74) is 2.74. The summed E-state index contributed by atoms with van der Waals surface area (Å²) in [5.74, 6) is -0.336. The summed E-state index contributed by atoms with van der Waals surface area (Å²) in [6.07, 6.45) is 3.30. The summed E-state index contributed by atoms with van der Waals surface area (Å²) in [6, 6.07) is 8.34. The fraction of sp³-hybridized carbons (Fsp3) is 0.417. The average molecular weight is 190 g/mol. The lowest BCUT2D eigenvalue weighted by Gasteiger charge is -2.22. The van der Waals surface area contributed by atoms with Crippen LogP contribution in [0.15, 0.2) is 24.3 Å². The van der Waals surface area contributed by atoms with Crippen molar-refractivity contribution in [3.8, 4) is 0 Å². The van der Waals surface area contributed by atoms with Crippen molar-refractivity contribution in [1.29, 1.82) is 0 Å². The zero-order valence-corrected chi connectivity index (χ0v) is 8.07. The standard InChI is InChI=1S/C12H14O2/c13-12(14)8-9-5-6-10-3-1-2-4-11(10)7-9/h1-4,9H,5-8H2,(H,13,14)/t9-/m1/s1. The highest BCUT2D eigenvalue weighted by Crippen LogP contribution is 2.27. The molecule has 0 radical (unpaired) electrons. The first-order valence-corrected chi connectivity index (χ1v) is 5.04. The van der Waals surface area contributed by atoms with Crippen LogP contribution < -0.4 is 0 Å². The monoisotopic (exact) mass is 190 g/mol. The van der Waals surface area contributed by atoms with Crippen molar-refractivity contribution in [2.75, 3.05) is 0 Å². The molecule has 74 valence electrons. The van der Waals surface area contributed by atoms with Gasteiger partial charge in [-0.1, -0.05) is 24.3 Å². The van der Waals surface area contributed by atoms with Gasteiger partial charge in [0, 0.05) is 6.42 Å². The van der Waals surface area contributed by atoms with Crippen molar-refractivity contribution in [1.82, 2.24) is 0 Å². The molecule has 0 unspecified atom stereocenters. The van der Waals surface area contributed by atoms with E-state index in [-0.39, 0.29) is 0 Å². The third-order valence-electron chi connectivity index (χ3n) is 2.91. The molecule has 1 atom stereocenters. The second-order valence-corrected chi connectivity index (χ2v) is 3.98. The first-order valence-electron chi connectivity index (χ1n) is 5.04. The topological polar surface area (TPSA) is 37.3 Å². The molecule has 1 N–H and O–H groups in total. The zero-order valence-electron chi connectivity index (χ0n) is 8.07. The van der Waals surface area contributed by atoms with Gasteiger partial charge in [0.05, 0.1) is 0 Å². The van der Waals surface area contributed by atoms with Crippen LogP contribution in [0.2, 0.25) is 0 Å². The van der Waals surface area contributed by atoms with Crippen molar-refractivity contribution < 1.29 is 9.90 Å². The fourth-order valence-corrected chi connectivity index (χ4v) is 2.19. The Bertz CT molecular complexity index is 344. The second-order valence-electron chi connectivity index (χ2n) is 3.98. The minimum absolute atomic E-state index is 0.314. The number of carboxylic acid groups (broad SMARTS) is 1. The number of carboxylic acids is 1. The van der Waals surface area contributed by atoms with Crippen LogP contribution in [-0.2, 0) is 17.6 Å². The Morgan fingerprint density at radius 2 is 2.07 bits per heavy atom. The van der Waals surface area contributed by atoms with Crippen LogP contribution in [0.3, 0.4) is 0 Å². The Morgan fingerprint density at radius 1 is 1.36 bits per heavy atom. The van der Waals surface area contributed by atoms with Gasteiger partial charge in [0.1, 0.15) is 0 Å². The van der Waals surface area contributed by atoms with Crippen LogP contribution in [-0.4, -0.2) is 11.1 Å². The molecule has 0 spiro atoms. The molecule has 2 heteroatoms. The molecule has 0 saturated carbocycles. The van der Waals surface area contributed by atoms with Gasteiger partial charge in [0.25, 0.3) is 0 Å². The zero-order chi connectivity index (χ0) is 9.97. The summed E-state index contributed by atoms with van der Waals surface area (Å²) in [7, 11) is 0. The van der Waals surface area contributed by atoms with E-state index in [4.69, 9.17) is 5.11 Å². The maximum Gasteiger partial charge on any atom is 0.303 e. The van der Waals surface area contributed by atoms with Gasteiger partial charge in [-0.15, -0.1) is 0 Å². The third-order valence-corrected chi connectivity index (χ3v) is 2.91. The lowest BCUT2D eigenvalue weighted by molar-refractivity contribution is -0.138. The van der Waals surface area contributed by atoms with Gasteiger partial charge in [-0.05, 0) is 36.3 Å². The highest BCUT2D eigenvalue weighted by Gasteiger charge is 2.19. The van der Waals surface area contributed by atoms with Gasteiger partial charge in [-0.3, -0.25) is 4.79 Å². The van der Waals surface area contributed by atoms with E-state index in [1.165, 1.54) is 11.1 Å². The van der Waals surface area contributed by atoms with Crippen molar-refractivity contribution in [2.45, 2.75) is 25.7 Å². The molecule has 1 aliphatic rings. The summed E-state index contributed by atoms with van der Waals surface area (Å²) >= 11 is 0. The normalized spacial score (nSPS) is 20.1. The molecule has 14 heavy (non-hydrogen) atoms. The summed E-state index contributed by atoms with van der Waals surface area (Å²) in [6.45, 7) is 0. The van der Waals surface area contributed by atoms with E-state index < -0.39 is 5.97 Å². The van der Waals surface area contributed by atoms with Crippen LogP contribution in [0.5, 0.6) is 0 Å². The maximum atomic E-state index is 10.6.